The molecule has 0 fully saturated rings. The number of rotatable bonds is 9. The Labute approximate surface area is 155 Å². The lowest BCUT2D eigenvalue weighted by atomic mass is 9.74. The Morgan fingerprint density at radius 3 is 2.12 bits per heavy atom. The Balaban J connectivity index is 3.78. The van der Waals surface area contributed by atoms with Gasteiger partial charge in [0.25, 0.3) is 0 Å². The van der Waals surface area contributed by atoms with Crippen molar-refractivity contribution < 1.29 is 9.84 Å². The average molecular weight is 347 g/mol. The van der Waals surface area contributed by atoms with E-state index in [2.05, 4.69) is 67.5 Å². The van der Waals surface area contributed by atoms with E-state index in [9.17, 15) is 5.11 Å². The molecule has 0 aliphatic rings. The summed E-state index contributed by atoms with van der Waals surface area (Å²) in [5, 5.41) is 9.40. The topological polar surface area (TPSA) is 29.5 Å². The Hall–Kier alpha value is -1.28. The van der Waals surface area contributed by atoms with E-state index in [1.165, 1.54) is 11.1 Å². The first-order valence-electron chi connectivity index (χ1n) is 9.74. The lowest BCUT2D eigenvalue weighted by Gasteiger charge is -2.32. The second kappa shape index (κ2) is 8.89. The lowest BCUT2D eigenvalue weighted by molar-refractivity contribution is 0.304. The van der Waals surface area contributed by atoms with Gasteiger partial charge in [-0.1, -0.05) is 60.6 Å². The first-order valence-corrected chi connectivity index (χ1v) is 9.74. The smallest absolute Gasteiger partial charge is 0.130 e. The lowest BCUT2D eigenvalue weighted by Crippen LogP contribution is -2.22. The molecule has 0 unspecified atom stereocenters. The van der Waals surface area contributed by atoms with Crippen LogP contribution in [0.15, 0.2) is 18.2 Å². The molecule has 0 aliphatic carbocycles. The largest absolute Gasteiger partial charge is 0.493 e. The van der Waals surface area contributed by atoms with Crippen molar-refractivity contribution in [2.24, 2.45) is 0 Å². The first kappa shape index (κ1) is 21.8. The van der Waals surface area contributed by atoms with Crippen LogP contribution in [0.1, 0.15) is 91.3 Å². The molecule has 0 saturated heterocycles. The van der Waals surface area contributed by atoms with Gasteiger partial charge < -0.3 is 9.84 Å². The quantitative estimate of drug-likeness (QED) is 0.573. The van der Waals surface area contributed by atoms with Gasteiger partial charge in [-0.15, -0.1) is 0 Å². The summed E-state index contributed by atoms with van der Waals surface area (Å²) in [4.78, 5) is 0. The fourth-order valence-electron chi connectivity index (χ4n) is 2.82. The third-order valence-corrected chi connectivity index (χ3v) is 5.64. The molecule has 0 bridgehead atoms. The van der Waals surface area contributed by atoms with Gasteiger partial charge in [0.1, 0.15) is 5.75 Å². The second-order valence-corrected chi connectivity index (χ2v) is 8.29. The monoisotopic (exact) mass is 346 g/mol. The number of benzene rings is 1. The summed E-state index contributed by atoms with van der Waals surface area (Å²) in [6.45, 7) is 18.6. The highest BCUT2D eigenvalue weighted by atomic mass is 16.5. The molecule has 1 aromatic rings. The van der Waals surface area contributed by atoms with Crippen molar-refractivity contribution in [3.05, 3.63) is 34.9 Å². The van der Waals surface area contributed by atoms with Gasteiger partial charge in [0.05, 0.1) is 13.2 Å². The van der Waals surface area contributed by atoms with Crippen LogP contribution < -0.4 is 4.74 Å². The molecule has 1 N–H and O–H groups in total. The molecule has 0 saturated carbocycles. The van der Waals surface area contributed by atoms with Crippen LogP contribution >= 0.6 is 0 Å². The fraction of sp³-hybridized carbons (Fsp3) is 0.652. The third kappa shape index (κ3) is 5.10. The molecule has 0 aliphatic heterocycles. The number of aliphatic hydroxyl groups is 1. The second-order valence-electron chi connectivity index (χ2n) is 8.29. The molecule has 0 aromatic heterocycles. The van der Waals surface area contributed by atoms with Crippen LogP contribution in [0, 0.1) is 0 Å². The summed E-state index contributed by atoms with van der Waals surface area (Å²) < 4.78 is 6.25. The van der Waals surface area contributed by atoms with Gasteiger partial charge in [0.15, 0.2) is 0 Å². The molecule has 0 heterocycles. The molecule has 0 atom stereocenters. The van der Waals surface area contributed by atoms with Crippen LogP contribution in [-0.4, -0.2) is 18.3 Å². The van der Waals surface area contributed by atoms with Crippen molar-refractivity contribution >= 4 is 5.57 Å². The van der Waals surface area contributed by atoms with E-state index in [1.807, 2.05) is 6.08 Å². The molecule has 1 aromatic carbocycles. The van der Waals surface area contributed by atoms with Crippen LogP contribution in [-0.2, 0) is 10.8 Å². The van der Waals surface area contributed by atoms with Gasteiger partial charge in [-0.2, -0.15) is 0 Å². The summed E-state index contributed by atoms with van der Waals surface area (Å²) in [5.74, 6) is 0.992. The summed E-state index contributed by atoms with van der Waals surface area (Å²) in [6.07, 6.45) is 4.99. The number of aliphatic hydroxyl groups excluding tert-OH is 1. The maximum atomic E-state index is 9.40. The molecule has 2 heteroatoms. The van der Waals surface area contributed by atoms with Gasteiger partial charge in [-0.05, 0) is 54.2 Å². The van der Waals surface area contributed by atoms with Crippen molar-refractivity contribution in [2.45, 2.75) is 85.5 Å². The van der Waals surface area contributed by atoms with Crippen molar-refractivity contribution in [1.82, 2.24) is 0 Å². The summed E-state index contributed by atoms with van der Waals surface area (Å²) >= 11 is 0. The molecular weight excluding hydrogens is 308 g/mol. The average Bonchev–Trinajstić information content (AvgIpc) is 2.59. The minimum Gasteiger partial charge on any atom is -0.493 e. The maximum absolute atomic E-state index is 9.40. The van der Waals surface area contributed by atoms with Gasteiger partial charge in [-0.3, -0.25) is 0 Å². The molecule has 0 spiro atoms. The molecule has 1 rings (SSSR count). The van der Waals surface area contributed by atoms with Gasteiger partial charge in [0.2, 0.25) is 0 Å². The zero-order chi connectivity index (χ0) is 19.3. The van der Waals surface area contributed by atoms with E-state index in [0.717, 1.165) is 36.1 Å². The predicted octanol–water partition coefficient (Wildman–Crippen LogP) is 6.25. The summed E-state index contributed by atoms with van der Waals surface area (Å²) in [5.41, 5.74) is 4.97. The zero-order valence-corrected chi connectivity index (χ0v) is 17.6. The zero-order valence-electron chi connectivity index (χ0n) is 17.6. The Morgan fingerprint density at radius 1 is 1.04 bits per heavy atom. The molecule has 2 nitrogen and oxygen atoms in total. The highest BCUT2D eigenvalue weighted by Gasteiger charge is 2.29. The summed E-state index contributed by atoms with van der Waals surface area (Å²) in [6, 6.07) is 4.62. The Bertz CT molecular complexity index is 594. The van der Waals surface area contributed by atoms with Crippen molar-refractivity contribution in [2.75, 3.05) is 13.2 Å². The highest BCUT2D eigenvalue weighted by Crippen LogP contribution is 2.43. The Morgan fingerprint density at radius 2 is 1.64 bits per heavy atom. The van der Waals surface area contributed by atoms with Crippen molar-refractivity contribution in [3.63, 3.8) is 0 Å². The maximum Gasteiger partial charge on any atom is 0.130 e. The minimum absolute atomic E-state index is 0.0388. The van der Waals surface area contributed by atoms with Crippen LogP contribution in [0.25, 0.3) is 5.57 Å². The fourth-order valence-corrected chi connectivity index (χ4v) is 2.82. The standard InChI is InChI=1S/C23H38O2/c1-9-14-25-21-19(17(4)12-13-24)15-18(22(5,6)10-2)16-20(21)23(7,8)11-3/h12,15-16,24H,9-11,13-14H2,1-8H3/b17-12-. The van der Waals surface area contributed by atoms with Crippen molar-refractivity contribution in [3.8, 4) is 5.75 Å². The highest BCUT2D eigenvalue weighted by molar-refractivity contribution is 5.72. The normalized spacial score (nSPS) is 13.2. The van der Waals surface area contributed by atoms with E-state index in [-0.39, 0.29) is 17.4 Å². The van der Waals surface area contributed by atoms with Crippen LogP contribution in [0.3, 0.4) is 0 Å². The van der Waals surface area contributed by atoms with Crippen LogP contribution in [0.4, 0.5) is 0 Å². The molecular formula is C23H38O2. The summed E-state index contributed by atoms with van der Waals surface area (Å²) in [7, 11) is 0. The van der Waals surface area contributed by atoms with E-state index < -0.39 is 0 Å². The van der Waals surface area contributed by atoms with E-state index in [1.54, 1.807) is 0 Å². The number of allylic oxidation sites excluding steroid dienone is 1. The van der Waals surface area contributed by atoms with Gasteiger partial charge >= 0.3 is 0 Å². The van der Waals surface area contributed by atoms with Gasteiger partial charge in [-0.25, -0.2) is 0 Å². The first-order chi connectivity index (χ1) is 11.6. The number of ether oxygens (including phenoxy) is 1. The van der Waals surface area contributed by atoms with E-state index in [0.29, 0.717) is 6.61 Å². The number of hydrogen-bond donors (Lipinski definition) is 1. The third-order valence-electron chi connectivity index (χ3n) is 5.64. The van der Waals surface area contributed by atoms with Crippen LogP contribution in [0.2, 0.25) is 0 Å². The minimum atomic E-state index is 0.0388. The molecule has 142 valence electrons. The SMILES string of the molecule is CCCOc1c(/C(C)=C\CO)cc(C(C)(C)CC)cc1C(C)(C)CC. The molecule has 25 heavy (non-hydrogen) atoms. The van der Waals surface area contributed by atoms with Crippen molar-refractivity contribution in [1.29, 1.82) is 0 Å². The Kier molecular flexibility index (Phi) is 7.74. The van der Waals surface area contributed by atoms with E-state index >= 15 is 0 Å². The van der Waals surface area contributed by atoms with E-state index in [4.69, 9.17) is 4.74 Å². The van der Waals surface area contributed by atoms with Crippen LogP contribution in [0.5, 0.6) is 5.75 Å². The predicted molar refractivity (Wildman–Crippen MR) is 110 cm³/mol. The number of hydrogen-bond acceptors (Lipinski definition) is 2. The molecule has 0 radical (unpaired) electrons. The molecule has 0 amide bonds. The van der Waals surface area contributed by atoms with Gasteiger partial charge in [0, 0.05) is 11.1 Å².